The quantitative estimate of drug-likeness (QED) is 0.652. The molecule has 6 nitrogen and oxygen atoms in total. The van der Waals surface area contributed by atoms with Gasteiger partial charge in [0.25, 0.3) is 10.0 Å². The van der Waals surface area contributed by atoms with Crippen LogP contribution in [0.1, 0.15) is 25.7 Å². The first-order chi connectivity index (χ1) is 14.5. The van der Waals surface area contributed by atoms with E-state index in [0.29, 0.717) is 11.4 Å². The maximum absolute atomic E-state index is 13.8. The second-order valence-corrected chi connectivity index (χ2v) is 8.94. The van der Waals surface area contributed by atoms with Crippen molar-refractivity contribution in [3.63, 3.8) is 0 Å². The molecule has 1 fully saturated rings. The van der Waals surface area contributed by atoms with E-state index < -0.39 is 15.8 Å². The largest absolute Gasteiger partial charge is 0.355 e. The first-order valence-corrected chi connectivity index (χ1v) is 11.5. The predicted molar refractivity (Wildman–Crippen MR) is 115 cm³/mol. The third kappa shape index (κ3) is 4.59. The first-order valence-electron chi connectivity index (χ1n) is 9.99. The average Bonchev–Trinajstić information content (AvgIpc) is 3.04. The topological polar surface area (TPSA) is 75.2 Å². The van der Waals surface area contributed by atoms with Gasteiger partial charge in [0.15, 0.2) is 5.82 Å². The Morgan fingerprint density at radius 3 is 2.17 bits per heavy atom. The fourth-order valence-electron chi connectivity index (χ4n) is 3.53. The van der Waals surface area contributed by atoms with Gasteiger partial charge in [0.2, 0.25) is 0 Å². The first kappa shape index (κ1) is 20.3. The third-order valence-corrected chi connectivity index (χ3v) is 6.55. The Kier molecular flexibility index (Phi) is 5.94. The molecule has 8 heteroatoms. The van der Waals surface area contributed by atoms with Crippen LogP contribution >= 0.6 is 0 Å². The van der Waals surface area contributed by atoms with Crippen LogP contribution in [0.4, 0.5) is 15.9 Å². The van der Waals surface area contributed by atoms with Crippen molar-refractivity contribution in [1.82, 2.24) is 10.2 Å². The molecule has 0 radical (unpaired) electrons. The highest BCUT2D eigenvalue weighted by Gasteiger charge is 2.18. The number of nitrogens with zero attached hydrogens (tertiary/aromatic N) is 3. The highest BCUT2D eigenvalue weighted by molar-refractivity contribution is 7.92. The van der Waals surface area contributed by atoms with Crippen molar-refractivity contribution in [3.8, 4) is 11.3 Å². The van der Waals surface area contributed by atoms with E-state index in [1.54, 1.807) is 24.3 Å². The molecular weight excluding hydrogens is 403 g/mol. The molecule has 1 saturated heterocycles. The summed E-state index contributed by atoms with van der Waals surface area (Å²) in [4.78, 5) is 1.88. The van der Waals surface area contributed by atoms with E-state index in [1.807, 2.05) is 12.1 Å². The van der Waals surface area contributed by atoms with E-state index in [9.17, 15) is 12.8 Å². The van der Waals surface area contributed by atoms with E-state index in [2.05, 4.69) is 19.8 Å². The number of anilines is 2. The number of nitrogens with one attached hydrogen (secondary N) is 1. The summed E-state index contributed by atoms with van der Waals surface area (Å²) in [6.45, 7) is 2.01. The Morgan fingerprint density at radius 1 is 0.833 bits per heavy atom. The van der Waals surface area contributed by atoms with Crippen molar-refractivity contribution in [3.05, 3.63) is 66.5 Å². The predicted octanol–water partition coefficient (Wildman–Crippen LogP) is 4.46. The minimum absolute atomic E-state index is 0.344. The third-order valence-electron chi connectivity index (χ3n) is 5.14. The van der Waals surface area contributed by atoms with Gasteiger partial charge in [0.05, 0.1) is 5.69 Å². The summed E-state index contributed by atoms with van der Waals surface area (Å²) >= 11 is 0. The number of rotatable bonds is 5. The Bertz CT molecular complexity index is 1090. The molecule has 0 amide bonds. The number of sulfonamides is 1. The van der Waals surface area contributed by atoms with Gasteiger partial charge >= 0.3 is 0 Å². The molecule has 3 aromatic rings. The van der Waals surface area contributed by atoms with Crippen LogP contribution < -0.4 is 9.62 Å². The summed E-state index contributed by atoms with van der Waals surface area (Å²) in [6, 6.07) is 15.9. The normalized spacial score (nSPS) is 14.9. The number of benzene rings is 2. The van der Waals surface area contributed by atoms with Gasteiger partial charge in [-0.1, -0.05) is 37.1 Å². The fraction of sp³-hybridized carbons (Fsp3) is 0.273. The lowest BCUT2D eigenvalue weighted by Gasteiger charge is -2.20. The van der Waals surface area contributed by atoms with Gasteiger partial charge in [-0.25, -0.2) is 12.8 Å². The number of hydrogen-bond acceptors (Lipinski definition) is 5. The summed E-state index contributed by atoms with van der Waals surface area (Å²) in [7, 11) is -4.00. The van der Waals surface area contributed by atoms with Crippen LogP contribution in [0.25, 0.3) is 11.3 Å². The number of aromatic nitrogens is 2. The molecule has 0 unspecified atom stereocenters. The van der Waals surface area contributed by atoms with Crippen molar-refractivity contribution >= 4 is 21.5 Å². The molecule has 30 heavy (non-hydrogen) atoms. The van der Waals surface area contributed by atoms with E-state index in [1.165, 1.54) is 43.9 Å². The van der Waals surface area contributed by atoms with Gasteiger partial charge in [0.1, 0.15) is 10.7 Å². The van der Waals surface area contributed by atoms with Crippen molar-refractivity contribution < 1.29 is 12.8 Å². The summed E-state index contributed by atoms with van der Waals surface area (Å²) in [5, 5.41) is 8.71. The zero-order chi connectivity index (χ0) is 21.0. The molecule has 156 valence electrons. The van der Waals surface area contributed by atoms with Gasteiger partial charge in [0, 0.05) is 24.3 Å². The Labute approximate surface area is 175 Å². The lowest BCUT2D eigenvalue weighted by atomic mass is 10.1. The standard InChI is InChI=1S/C22H23FN4O2S/c23-19-7-3-4-8-21(19)30(28,29)26-18-11-9-17(10-12-18)20-13-14-22(25-24-20)27-15-5-1-2-6-16-27/h3-4,7-14,26H,1-2,5-6,15-16H2. The van der Waals surface area contributed by atoms with Crippen LogP contribution in [0.15, 0.2) is 65.6 Å². The molecule has 1 aromatic heterocycles. The highest BCUT2D eigenvalue weighted by Crippen LogP contribution is 2.24. The van der Waals surface area contributed by atoms with Crippen LogP contribution in [-0.2, 0) is 10.0 Å². The van der Waals surface area contributed by atoms with Gasteiger partial charge in [-0.2, -0.15) is 0 Å². The lowest BCUT2D eigenvalue weighted by molar-refractivity contribution is 0.570. The van der Waals surface area contributed by atoms with Gasteiger partial charge in [-0.3, -0.25) is 4.72 Å². The smallest absolute Gasteiger partial charge is 0.264 e. The van der Waals surface area contributed by atoms with E-state index in [-0.39, 0.29) is 4.90 Å². The SMILES string of the molecule is O=S(=O)(Nc1ccc(-c2ccc(N3CCCCCC3)nn2)cc1)c1ccccc1F. The Morgan fingerprint density at radius 2 is 1.53 bits per heavy atom. The zero-order valence-electron chi connectivity index (χ0n) is 16.5. The van der Waals surface area contributed by atoms with E-state index in [4.69, 9.17) is 0 Å². The van der Waals surface area contributed by atoms with Crippen LogP contribution in [0.3, 0.4) is 0 Å². The van der Waals surface area contributed by atoms with Crippen molar-refractivity contribution in [2.45, 2.75) is 30.6 Å². The number of hydrogen-bond donors (Lipinski definition) is 1. The summed E-state index contributed by atoms with van der Waals surface area (Å²) in [5.74, 6) is 0.0938. The molecule has 2 heterocycles. The minimum Gasteiger partial charge on any atom is -0.355 e. The van der Waals surface area contributed by atoms with E-state index in [0.717, 1.165) is 30.5 Å². The van der Waals surface area contributed by atoms with Gasteiger partial charge in [-0.05, 0) is 49.2 Å². The lowest BCUT2D eigenvalue weighted by Crippen LogP contribution is -2.25. The zero-order valence-corrected chi connectivity index (χ0v) is 17.3. The van der Waals surface area contributed by atoms with Gasteiger partial charge in [-0.15, -0.1) is 10.2 Å². The van der Waals surface area contributed by atoms with E-state index >= 15 is 0 Å². The van der Waals surface area contributed by atoms with Crippen LogP contribution in [-0.4, -0.2) is 31.7 Å². The summed E-state index contributed by atoms with van der Waals surface area (Å²) in [5.41, 5.74) is 1.87. The van der Waals surface area contributed by atoms with Crippen molar-refractivity contribution in [2.75, 3.05) is 22.7 Å². The molecule has 1 aliphatic heterocycles. The minimum atomic E-state index is -4.00. The molecule has 2 aromatic carbocycles. The molecule has 0 atom stereocenters. The number of halogens is 1. The average molecular weight is 427 g/mol. The summed E-state index contributed by atoms with van der Waals surface area (Å²) in [6.07, 6.45) is 4.87. The second kappa shape index (κ2) is 8.79. The van der Waals surface area contributed by atoms with Crippen molar-refractivity contribution in [1.29, 1.82) is 0 Å². The van der Waals surface area contributed by atoms with Crippen LogP contribution in [0, 0.1) is 5.82 Å². The molecular formula is C22H23FN4O2S. The maximum atomic E-state index is 13.8. The molecule has 4 rings (SSSR count). The highest BCUT2D eigenvalue weighted by atomic mass is 32.2. The fourth-order valence-corrected chi connectivity index (χ4v) is 4.67. The molecule has 0 saturated carbocycles. The van der Waals surface area contributed by atoms with Gasteiger partial charge < -0.3 is 4.90 Å². The summed E-state index contributed by atoms with van der Waals surface area (Å²) < 4.78 is 41.0. The maximum Gasteiger partial charge on any atom is 0.264 e. The van der Waals surface area contributed by atoms with Crippen LogP contribution in [0.2, 0.25) is 0 Å². The second-order valence-electron chi connectivity index (χ2n) is 7.29. The molecule has 0 spiro atoms. The molecule has 1 aliphatic rings. The monoisotopic (exact) mass is 426 g/mol. The molecule has 1 N–H and O–H groups in total. The Balaban J connectivity index is 1.47. The molecule has 0 bridgehead atoms. The molecule has 0 aliphatic carbocycles. The van der Waals surface area contributed by atoms with Crippen LogP contribution in [0.5, 0.6) is 0 Å². The Hall–Kier alpha value is -3.00. The van der Waals surface area contributed by atoms with Crippen molar-refractivity contribution in [2.24, 2.45) is 0 Å².